The van der Waals surface area contributed by atoms with Gasteiger partial charge in [0.25, 0.3) is 5.91 Å². The fourth-order valence-corrected chi connectivity index (χ4v) is 4.51. The smallest absolute Gasteiger partial charge is 0.254 e. The molecule has 1 saturated heterocycles. The number of halogens is 1. The van der Waals surface area contributed by atoms with Crippen LogP contribution in [0.4, 0.5) is 4.39 Å². The lowest BCUT2D eigenvalue weighted by molar-refractivity contribution is -0.133. The van der Waals surface area contributed by atoms with Crippen molar-refractivity contribution in [3.05, 3.63) is 71.6 Å². The lowest BCUT2D eigenvalue weighted by Crippen LogP contribution is -2.50. The molecule has 1 heterocycles. The summed E-state index contributed by atoms with van der Waals surface area (Å²) >= 11 is 0. The molecule has 2 amide bonds. The van der Waals surface area contributed by atoms with Gasteiger partial charge in [-0.2, -0.15) is 0 Å². The minimum atomic E-state index is -0.364. The third-order valence-electron chi connectivity index (χ3n) is 6.80. The molecule has 0 aromatic heterocycles. The highest BCUT2D eigenvalue weighted by Crippen LogP contribution is 2.19. The predicted octanol–water partition coefficient (Wildman–Crippen LogP) is 5.10. The van der Waals surface area contributed by atoms with Crippen molar-refractivity contribution in [1.29, 1.82) is 0 Å². The van der Waals surface area contributed by atoms with Crippen LogP contribution in [0.1, 0.15) is 54.9 Å². The Hall–Kier alpha value is -3.19. The van der Waals surface area contributed by atoms with Crippen molar-refractivity contribution >= 4 is 17.9 Å². The SMILES string of the molecule is CCCCCCC(=O)N1CCN(CCN(C/C=C/c2ccccc2OC)C(=O)c2ccc(F)cc2)CC1. The van der Waals surface area contributed by atoms with E-state index in [4.69, 9.17) is 4.74 Å². The molecule has 7 heteroatoms. The number of nitrogens with zero attached hydrogens (tertiary/aromatic N) is 3. The van der Waals surface area contributed by atoms with Gasteiger partial charge < -0.3 is 14.5 Å². The van der Waals surface area contributed by atoms with Gasteiger partial charge in [-0.05, 0) is 36.8 Å². The normalized spacial score (nSPS) is 14.2. The first-order chi connectivity index (χ1) is 18.0. The minimum Gasteiger partial charge on any atom is -0.496 e. The number of hydrogen-bond donors (Lipinski definition) is 0. The number of amides is 2. The van der Waals surface area contributed by atoms with Crippen molar-refractivity contribution in [1.82, 2.24) is 14.7 Å². The number of unbranched alkanes of at least 4 members (excludes halogenated alkanes) is 3. The van der Waals surface area contributed by atoms with E-state index in [9.17, 15) is 14.0 Å². The van der Waals surface area contributed by atoms with Crippen LogP contribution in [0, 0.1) is 5.82 Å². The van der Waals surface area contributed by atoms with E-state index in [1.54, 1.807) is 12.0 Å². The molecule has 37 heavy (non-hydrogen) atoms. The molecule has 0 atom stereocenters. The van der Waals surface area contributed by atoms with E-state index < -0.39 is 0 Å². The third-order valence-corrected chi connectivity index (χ3v) is 6.80. The lowest BCUT2D eigenvalue weighted by atomic mass is 10.1. The van der Waals surface area contributed by atoms with Crippen LogP contribution in [-0.2, 0) is 4.79 Å². The summed E-state index contributed by atoms with van der Waals surface area (Å²) in [6.45, 7) is 6.91. The number of ether oxygens (including phenoxy) is 1. The Morgan fingerprint density at radius 2 is 1.73 bits per heavy atom. The number of para-hydroxylation sites is 1. The van der Waals surface area contributed by atoms with Crippen LogP contribution in [0.5, 0.6) is 5.75 Å². The molecule has 200 valence electrons. The van der Waals surface area contributed by atoms with Gasteiger partial charge in [0.15, 0.2) is 0 Å². The summed E-state index contributed by atoms with van der Waals surface area (Å²) < 4.78 is 18.8. The van der Waals surface area contributed by atoms with E-state index in [0.717, 1.165) is 50.3 Å². The van der Waals surface area contributed by atoms with E-state index in [0.29, 0.717) is 31.6 Å². The predicted molar refractivity (Wildman–Crippen MR) is 146 cm³/mol. The highest BCUT2D eigenvalue weighted by molar-refractivity contribution is 5.94. The van der Waals surface area contributed by atoms with Gasteiger partial charge in [0.05, 0.1) is 7.11 Å². The molecule has 0 bridgehead atoms. The van der Waals surface area contributed by atoms with Crippen LogP contribution in [0.15, 0.2) is 54.6 Å². The van der Waals surface area contributed by atoms with Crippen LogP contribution in [-0.4, -0.2) is 79.4 Å². The van der Waals surface area contributed by atoms with E-state index in [1.807, 2.05) is 41.3 Å². The molecule has 0 spiro atoms. The fraction of sp³-hybridized carbons (Fsp3) is 0.467. The van der Waals surface area contributed by atoms with Gasteiger partial charge in [-0.1, -0.05) is 56.5 Å². The van der Waals surface area contributed by atoms with Crippen LogP contribution in [0.25, 0.3) is 6.08 Å². The number of methoxy groups -OCH3 is 1. The zero-order valence-corrected chi connectivity index (χ0v) is 22.2. The number of carbonyl (C=O) groups is 2. The Bertz CT molecular complexity index is 1020. The van der Waals surface area contributed by atoms with Crippen LogP contribution in [0.3, 0.4) is 0 Å². The van der Waals surface area contributed by atoms with Gasteiger partial charge >= 0.3 is 0 Å². The summed E-state index contributed by atoms with van der Waals surface area (Å²) in [6.07, 6.45) is 8.98. The summed E-state index contributed by atoms with van der Waals surface area (Å²) in [5.41, 5.74) is 1.40. The second-order valence-electron chi connectivity index (χ2n) is 9.44. The lowest BCUT2D eigenvalue weighted by Gasteiger charge is -2.36. The first kappa shape index (κ1) is 28.4. The van der Waals surface area contributed by atoms with Gasteiger partial charge in [-0.15, -0.1) is 0 Å². The van der Waals surface area contributed by atoms with Crippen molar-refractivity contribution in [3.63, 3.8) is 0 Å². The van der Waals surface area contributed by atoms with E-state index in [2.05, 4.69) is 11.8 Å². The highest BCUT2D eigenvalue weighted by Gasteiger charge is 2.22. The van der Waals surface area contributed by atoms with Gasteiger partial charge in [0, 0.05) is 63.4 Å². The molecule has 6 nitrogen and oxygen atoms in total. The van der Waals surface area contributed by atoms with Gasteiger partial charge in [-0.25, -0.2) is 4.39 Å². The van der Waals surface area contributed by atoms with E-state index >= 15 is 0 Å². The standard InChI is InChI=1S/C30H40FN3O3/c1-3-4-5-6-13-29(35)33-22-19-32(20-23-33)21-24-34(30(36)26-14-16-27(31)17-15-26)18-9-11-25-10-7-8-12-28(25)37-2/h7-12,14-17H,3-6,13,18-24H2,1-2H3/b11-9+. The molecule has 1 aliphatic rings. The van der Waals surface area contributed by atoms with Crippen molar-refractivity contribution in [2.24, 2.45) is 0 Å². The van der Waals surface area contributed by atoms with Crippen LogP contribution in [0.2, 0.25) is 0 Å². The summed E-state index contributed by atoms with van der Waals surface area (Å²) in [4.78, 5) is 31.8. The number of hydrogen-bond acceptors (Lipinski definition) is 4. The quantitative estimate of drug-likeness (QED) is 0.353. The molecule has 0 aliphatic carbocycles. The molecule has 0 radical (unpaired) electrons. The Morgan fingerprint density at radius 3 is 2.43 bits per heavy atom. The molecule has 1 fully saturated rings. The molecule has 0 N–H and O–H groups in total. The minimum absolute atomic E-state index is 0.134. The van der Waals surface area contributed by atoms with Crippen LogP contribution >= 0.6 is 0 Å². The van der Waals surface area contributed by atoms with Crippen LogP contribution < -0.4 is 4.74 Å². The molecule has 0 saturated carbocycles. The average molecular weight is 510 g/mol. The molecule has 1 aliphatic heterocycles. The summed E-state index contributed by atoms with van der Waals surface area (Å²) in [7, 11) is 1.64. The highest BCUT2D eigenvalue weighted by atomic mass is 19.1. The zero-order chi connectivity index (χ0) is 26.5. The second kappa shape index (κ2) is 15.2. The molecule has 2 aromatic rings. The van der Waals surface area contributed by atoms with Gasteiger partial charge in [0.1, 0.15) is 11.6 Å². The molecule has 2 aromatic carbocycles. The Morgan fingerprint density at radius 1 is 1.00 bits per heavy atom. The molecular weight excluding hydrogens is 469 g/mol. The fourth-order valence-electron chi connectivity index (χ4n) is 4.51. The number of carbonyl (C=O) groups excluding carboxylic acids is 2. The number of benzene rings is 2. The van der Waals surface area contributed by atoms with E-state index in [-0.39, 0.29) is 17.6 Å². The van der Waals surface area contributed by atoms with Gasteiger partial charge in [-0.3, -0.25) is 14.5 Å². The van der Waals surface area contributed by atoms with Crippen molar-refractivity contribution in [2.75, 3.05) is 52.9 Å². The maximum atomic E-state index is 13.4. The van der Waals surface area contributed by atoms with Crippen molar-refractivity contribution in [3.8, 4) is 5.75 Å². The summed E-state index contributed by atoms with van der Waals surface area (Å²) in [5.74, 6) is 0.529. The first-order valence-electron chi connectivity index (χ1n) is 13.4. The monoisotopic (exact) mass is 509 g/mol. The third kappa shape index (κ3) is 9.01. The largest absolute Gasteiger partial charge is 0.496 e. The van der Waals surface area contributed by atoms with Crippen molar-refractivity contribution in [2.45, 2.75) is 39.0 Å². The number of piperazine rings is 1. The summed E-state index contributed by atoms with van der Waals surface area (Å²) in [6, 6.07) is 13.4. The van der Waals surface area contributed by atoms with Crippen molar-refractivity contribution < 1.29 is 18.7 Å². The average Bonchev–Trinajstić information content (AvgIpc) is 2.93. The topological polar surface area (TPSA) is 53.1 Å². The first-order valence-corrected chi connectivity index (χ1v) is 13.4. The molecule has 3 rings (SSSR count). The Labute approximate surface area is 220 Å². The maximum Gasteiger partial charge on any atom is 0.254 e. The summed E-state index contributed by atoms with van der Waals surface area (Å²) in [5, 5.41) is 0. The molecule has 0 unspecified atom stereocenters. The van der Waals surface area contributed by atoms with E-state index in [1.165, 1.54) is 37.1 Å². The Kier molecular flexibility index (Phi) is 11.6. The van der Waals surface area contributed by atoms with Gasteiger partial charge in [0.2, 0.25) is 5.91 Å². The maximum absolute atomic E-state index is 13.4. The zero-order valence-electron chi connectivity index (χ0n) is 22.2. The second-order valence-corrected chi connectivity index (χ2v) is 9.44. The number of rotatable bonds is 13. The Balaban J connectivity index is 1.56. The molecular formula is C30H40FN3O3.